The first kappa shape index (κ1) is 24.6. The maximum atomic E-state index is 12.8. The summed E-state index contributed by atoms with van der Waals surface area (Å²) in [7, 11) is 3.12. The second kappa shape index (κ2) is 10.8. The van der Waals surface area contributed by atoms with Crippen LogP contribution in [0.25, 0.3) is 0 Å². The lowest BCUT2D eigenvalue weighted by atomic mass is 10.1. The average Bonchev–Trinajstić information content (AvgIpc) is 3.09. The van der Waals surface area contributed by atoms with Gasteiger partial charge < -0.3 is 19.1 Å². The lowest BCUT2D eigenvalue weighted by Crippen LogP contribution is -2.31. The van der Waals surface area contributed by atoms with Gasteiger partial charge in [-0.15, -0.1) is 0 Å². The third-order valence-corrected chi connectivity index (χ3v) is 5.78. The fraction of sp³-hybridized carbons (Fsp3) is 0.360. The highest BCUT2D eigenvalue weighted by Crippen LogP contribution is 2.33. The van der Waals surface area contributed by atoms with Gasteiger partial charge in [-0.05, 0) is 42.3 Å². The molecule has 0 saturated carbocycles. The van der Waals surface area contributed by atoms with Crippen molar-refractivity contribution in [2.45, 2.75) is 19.1 Å². The molecule has 1 aromatic heterocycles. The van der Waals surface area contributed by atoms with Gasteiger partial charge in [0.1, 0.15) is 11.6 Å². The Labute approximate surface area is 202 Å². The van der Waals surface area contributed by atoms with E-state index in [0.29, 0.717) is 23.8 Å². The Morgan fingerprint density at radius 1 is 0.886 bits per heavy atom. The van der Waals surface area contributed by atoms with Crippen molar-refractivity contribution in [3.05, 3.63) is 65.9 Å². The summed E-state index contributed by atoms with van der Waals surface area (Å²) in [6.07, 6.45) is -1.76. The molecule has 0 unspecified atom stereocenters. The molecule has 1 fully saturated rings. The normalized spacial score (nSPS) is 14.9. The van der Waals surface area contributed by atoms with E-state index in [9.17, 15) is 13.2 Å². The first-order valence-corrected chi connectivity index (χ1v) is 11.2. The van der Waals surface area contributed by atoms with Crippen LogP contribution in [0, 0.1) is 0 Å². The van der Waals surface area contributed by atoms with Crippen LogP contribution in [0.3, 0.4) is 0 Å². The average molecular weight is 489 g/mol. The van der Waals surface area contributed by atoms with Crippen LogP contribution in [0.15, 0.2) is 54.7 Å². The quantitative estimate of drug-likeness (QED) is 0.463. The molecule has 3 aromatic rings. The molecule has 1 aliphatic heterocycles. The molecule has 2 aromatic carbocycles. The largest absolute Gasteiger partial charge is 0.493 e. The SMILES string of the molecule is COc1ccc(Oc2nccc(N3CCCN(Cc4ccc(C(F)(F)F)cc4)CC3)n2)cc1OC. The summed E-state index contributed by atoms with van der Waals surface area (Å²) >= 11 is 0. The first-order valence-electron chi connectivity index (χ1n) is 11.2. The molecule has 0 aliphatic carbocycles. The second-order valence-corrected chi connectivity index (χ2v) is 8.13. The van der Waals surface area contributed by atoms with E-state index in [2.05, 4.69) is 19.8 Å². The van der Waals surface area contributed by atoms with Gasteiger partial charge in [0.2, 0.25) is 0 Å². The van der Waals surface area contributed by atoms with Gasteiger partial charge in [-0.1, -0.05) is 12.1 Å². The summed E-state index contributed by atoms with van der Waals surface area (Å²) in [5.41, 5.74) is 0.234. The van der Waals surface area contributed by atoms with E-state index >= 15 is 0 Å². The fourth-order valence-corrected chi connectivity index (χ4v) is 3.96. The van der Waals surface area contributed by atoms with Crippen LogP contribution >= 0.6 is 0 Å². The van der Waals surface area contributed by atoms with Crippen LogP contribution in [-0.4, -0.2) is 55.3 Å². The number of hydrogen-bond acceptors (Lipinski definition) is 7. The number of aromatic nitrogens is 2. The van der Waals surface area contributed by atoms with Crippen LogP contribution < -0.4 is 19.1 Å². The molecule has 35 heavy (non-hydrogen) atoms. The van der Waals surface area contributed by atoms with E-state index in [1.807, 2.05) is 6.07 Å². The van der Waals surface area contributed by atoms with Gasteiger partial charge in [0, 0.05) is 45.0 Å². The highest BCUT2D eigenvalue weighted by Gasteiger charge is 2.30. The molecule has 2 heterocycles. The van der Waals surface area contributed by atoms with Crippen molar-refractivity contribution < 1.29 is 27.4 Å². The van der Waals surface area contributed by atoms with Crippen molar-refractivity contribution in [2.75, 3.05) is 45.3 Å². The number of nitrogens with zero attached hydrogens (tertiary/aromatic N) is 4. The molecule has 0 N–H and O–H groups in total. The van der Waals surface area contributed by atoms with Crippen molar-refractivity contribution in [2.24, 2.45) is 0 Å². The molecule has 0 atom stereocenters. The first-order chi connectivity index (χ1) is 16.9. The Morgan fingerprint density at radius 3 is 2.37 bits per heavy atom. The molecule has 1 saturated heterocycles. The van der Waals surface area contributed by atoms with Crippen LogP contribution in [0.5, 0.6) is 23.3 Å². The number of anilines is 1. The van der Waals surface area contributed by atoms with E-state index in [0.717, 1.165) is 56.1 Å². The summed E-state index contributed by atoms with van der Waals surface area (Å²) in [5, 5.41) is 0. The van der Waals surface area contributed by atoms with E-state index in [-0.39, 0.29) is 6.01 Å². The number of halogens is 3. The maximum Gasteiger partial charge on any atom is 0.416 e. The zero-order valence-electron chi connectivity index (χ0n) is 19.6. The summed E-state index contributed by atoms with van der Waals surface area (Å²) in [5.74, 6) is 2.42. The third-order valence-electron chi connectivity index (χ3n) is 5.78. The molecule has 0 amide bonds. The molecule has 10 heteroatoms. The molecular formula is C25H27F3N4O3. The fourth-order valence-electron chi connectivity index (χ4n) is 3.96. The summed E-state index contributed by atoms with van der Waals surface area (Å²) in [6.45, 7) is 3.74. The Bertz CT molecular complexity index is 1130. The van der Waals surface area contributed by atoms with Gasteiger partial charge in [0.05, 0.1) is 19.8 Å². The van der Waals surface area contributed by atoms with E-state index < -0.39 is 11.7 Å². The van der Waals surface area contributed by atoms with Crippen molar-refractivity contribution in [3.63, 3.8) is 0 Å². The van der Waals surface area contributed by atoms with Gasteiger partial charge in [0.25, 0.3) is 0 Å². The van der Waals surface area contributed by atoms with Crippen LogP contribution in [0.2, 0.25) is 0 Å². The van der Waals surface area contributed by atoms with Gasteiger partial charge >= 0.3 is 12.2 Å². The summed E-state index contributed by atoms with van der Waals surface area (Å²) in [4.78, 5) is 13.2. The van der Waals surface area contributed by atoms with Crippen molar-refractivity contribution in [3.8, 4) is 23.3 Å². The van der Waals surface area contributed by atoms with Gasteiger partial charge in [-0.2, -0.15) is 18.2 Å². The molecule has 0 radical (unpaired) electrons. The van der Waals surface area contributed by atoms with Gasteiger partial charge in [0.15, 0.2) is 11.5 Å². The minimum absolute atomic E-state index is 0.223. The van der Waals surface area contributed by atoms with Crippen molar-refractivity contribution >= 4 is 5.82 Å². The van der Waals surface area contributed by atoms with E-state index in [1.54, 1.807) is 50.7 Å². The molecule has 0 bridgehead atoms. The zero-order chi connectivity index (χ0) is 24.8. The second-order valence-electron chi connectivity index (χ2n) is 8.13. The van der Waals surface area contributed by atoms with E-state index in [4.69, 9.17) is 14.2 Å². The van der Waals surface area contributed by atoms with Crippen LogP contribution in [0.4, 0.5) is 19.0 Å². The number of rotatable bonds is 7. The minimum atomic E-state index is -4.32. The summed E-state index contributed by atoms with van der Waals surface area (Å²) in [6, 6.07) is 12.6. The Kier molecular flexibility index (Phi) is 7.60. The van der Waals surface area contributed by atoms with Crippen molar-refractivity contribution in [1.29, 1.82) is 0 Å². The zero-order valence-corrected chi connectivity index (χ0v) is 19.6. The van der Waals surface area contributed by atoms with Crippen LogP contribution in [0.1, 0.15) is 17.5 Å². The number of methoxy groups -OCH3 is 2. The monoisotopic (exact) mass is 488 g/mol. The topological polar surface area (TPSA) is 60.0 Å². The lowest BCUT2D eigenvalue weighted by Gasteiger charge is -2.23. The third kappa shape index (κ3) is 6.33. The van der Waals surface area contributed by atoms with Crippen molar-refractivity contribution in [1.82, 2.24) is 14.9 Å². The highest BCUT2D eigenvalue weighted by atomic mass is 19.4. The Morgan fingerprint density at radius 2 is 1.66 bits per heavy atom. The lowest BCUT2D eigenvalue weighted by molar-refractivity contribution is -0.137. The van der Waals surface area contributed by atoms with E-state index in [1.165, 1.54) is 0 Å². The molecule has 4 rings (SSSR count). The predicted octanol–water partition coefficient (Wildman–Crippen LogP) is 5.02. The highest BCUT2D eigenvalue weighted by molar-refractivity contribution is 5.46. The summed E-state index contributed by atoms with van der Waals surface area (Å²) < 4.78 is 54.8. The number of benzene rings is 2. The molecule has 1 aliphatic rings. The molecule has 0 spiro atoms. The Hall–Kier alpha value is -3.53. The van der Waals surface area contributed by atoms with Gasteiger partial charge in [-0.3, -0.25) is 4.90 Å². The smallest absolute Gasteiger partial charge is 0.416 e. The maximum absolute atomic E-state index is 12.8. The molecule has 7 nitrogen and oxygen atoms in total. The number of hydrogen-bond donors (Lipinski definition) is 0. The van der Waals surface area contributed by atoms with Gasteiger partial charge in [-0.25, -0.2) is 4.98 Å². The van der Waals surface area contributed by atoms with Crippen LogP contribution in [-0.2, 0) is 12.7 Å². The predicted molar refractivity (Wildman–Crippen MR) is 125 cm³/mol. The number of ether oxygens (including phenoxy) is 3. The Balaban J connectivity index is 1.38. The molecule has 186 valence electrons. The minimum Gasteiger partial charge on any atom is -0.493 e. The molecular weight excluding hydrogens is 461 g/mol. The standard InChI is InChI=1S/C25H27F3N4O3/c1-33-21-9-8-20(16-22(21)34-2)35-24-29-11-10-23(30-24)32-13-3-12-31(14-15-32)17-18-4-6-19(7-5-18)25(26,27)28/h4-11,16H,3,12-15,17H2,1-2H3. The number of alkyl halides is 3.